The molecule has 0 aliphatic rings. The molecular formula is C21H34O3. The van der Waals surface area contributed by atoms with E-state index in [9.17, 15) is 4.79 Å². The third-order valence-electron chi connectivity index (χ3n) is 3.99. The third kappa shape index (κ3) is 5.15. The van der Waals surface area contributed by atoms with Crippen LogP contribution in [0.25, 0.3) is 0 Å². The molecule has 0 unspecified atom stereocenters. The number of benzene rings is 1. The summed E-state index contributed by atoms with van der Waals surface area (Å²) in [6.45, 7) is 20.0. The van der Waals surface area contributed by atoms with Gasteiger partial charge in [0.2, 0.25) is 0 Å². The van der Waals surface area contributed by atoms with E-state index in [0.29, 0.717) is 0 Å². The maximum atomic E-state index is 12.3. The first-order valence-electron chi connectivity index (χ1n) is 8.82. The lowest BCUT2D eigenvalue weighted by Gasteiger charge is -2.31. The molecule has 0 radical (unpaired) electrons. The van der Waals surface area contributed by atoms with E-state index in [0.717, 1.165) is 22.3 Å². The van der Waals surface area contributed by atoms with Crippen molar-refractivity contribution in [1.29, 1.82) is 0 Å². The minimum absolute atomic E-state index is 0.124. The fourth-order valence-corrected chi connectivity index (χ4v) is 2.63. The van der Waals surface area contributed by atoms with Crippen LogP contribution < -0.4 is 0 Å². The number of Topliss-reactive ketones (excluding diaryl/α,β-unsaturated/α-hetero) is 1. The molecule has 0 bridgehead atoms. The summed E-state index contributed by atoms with van der Waals surface area (Å²) in [4.78, 5) is 23.6. The molecule has 0 atom stereocenters. The van der Waals surface area contributed by atoms with Crippen LogP contribution in [0.2, 0.25) is 0 Å². The molecule has 3 nitrogen and oxygen atoms in total. The fourth-order valence-electron chi connectivity index (χ4n) is 2.63. The molecule has 1 rings (SSSR count). The Hall–Kier alpha value is -1.19. The van der Waals surface area contributed by atoms with Crippen molar-refractivity contribution in [1.82, 2.24) is 0 Å². The molecule has 0 aliphatic heterocycles. The molecule has 0 saturated carbocycles. The van der Waals surface area contributed by atoms with E-state index in [-0.39, 0.29) is 23.2 Å². The van der Waals surface area contributed by atoms with Gasteiger partial charge in [-0.2, -0.15) is 0 Å². The number of carbonyl (C=O) groups is 1. The predicted octanol–water partition coefficient (Wildman–Crippen LogP) is 6.12. The zero-order valence-corrected chi connectivity index (χ0v) is 17.0. The van der Waals surface area contributed by atoms with Gasteiger partial charge in [-0.15, -0.1) is 0 Å². The first-order valence-corrected chi connectivity index (χ1v) is 8.82. The lowest BCUT2D eigenvalue weighted by Crippen LogP contribution is -2.29. The molecule has 1 aromatic rings. The molecule has 0 heterocycles. The van der Waals surface area contributed by atoms with Gasteiger partial charge in [-0.3, -0.25) is 4.79 Å². The van der Waals surface area contributed by atoms with Gasteiger partial charge < -0.3 is 0 Å². The Labute approximate surface area is 147 Å². The van der Waals surface area contributed by atoms with Gasteiger partial charge in [0.25, 0.3) is 0 Å². The zero-order valence-electron chi connectivity index (χ0n) is 17.0. The summed E-state index contributed by atoms with van der Waals surface area (Å²) in [5, 5.41) is 0. The monoisotopic (exact) mass is 334 g/mol. The largest absolute Gasteiger partial charge is 0.294 e. The summed E-state index contributed by atoms with van der Waals surface area (Å²) >= 11 is 0. The number of hydrogen-bond donors (Lipinski definition) is 0. The van der Waals surface area contributed by atoms with Gasteiger partial charge in [0.15, 0.2) is 5.78 Å². The average Bonchev–Trinajstić information content (AvgIpc) is 2.42. The number of carbonyl (C=O) groups excluding carboxylic acids is 1. The third-order valence-corrected chi connectivity index (χ3v) is 3.99. The maximum Gasteiger partial charge on any atom is 0.160 e. The molecular weight excluding hydrogens is 300 g/mol. The van der Waals surface area contributed by atoms with Crippen LogP contribution in [0.15, 0.2) is 12.1 Å². The van der Waals surface area contributed by atoms with E-state index in [1.807, 2.05) is 34.6 Å². The second kappa shape index (κ2) is 7.37. The Morgan fingerprint density at radius 1 is 0.875 bits per heavy atom. The summed E-state index contributed by atoms with van der Waals surface area (Å²) in [6, 6.07) is 4.19. The van der Waals surface area contributed by atoms with Crippen LogP contribution in [-0.4, -0.2) is 11.4 Å². The Bertz CT molecular complexity index is 561. The van der Waals surface area contributed by atoms with Gasteiger partial charge in [-0.1, -0.05) is 39.8 Å². The first kappa shape index (κ1) is 20.9. The number of ketones is 1. The molecule has 0 N–H and O–H groups in total. The SMILES string of the molecule is CC(=O)c1c(C(C)C)cc(C(C)(C)OOC(C)(C)C)cc1C(C)C. The topological polar surface area (TPSA) is 35.5 Å². The van der Waals surface area contributed by atoms with E-state index in [2.05, 4.69) is 39.8 Å². The molecule has 24 heavy (non-hydrogen) atoms. The molecule has 0 spiro atoms. The quantitative estimate of drug-likeness (QED) is 0.357. The van der Waals surface area contributed by atoms with Gasteiger partial charge >= 0.3 is 0 Å². The summed E-state index contributed by atoms with van der Waals surface area (Å²) in [6.07, 6.45) is 0. The van der Waals surface area contributed by atoms with Gasteiger partial charge in [-0.25, -0.2) is 9.78 Å². The minimum Gasteiger partial charge on any atom is -0.294 e. The summed E-state index contributed by atoms with van der Waals surface area (Å²) in [7, 11) is 0. The first-order chi connectivity index (χ1) is 10.8. The highest BCUT2D eigenvalue weighted by molar-refractivity contribution is 5.97. The molecule has 3 heteroatoms. The van der Waals surface area contributed by atoms with Gasteiger partial charge in [0.05, 0.1) is 5.60 Å². The van der Waals surface area contributed by atoms with Crippen LogP contribution in [-0.2, 0) is 15.4 Å². The number of hydrogen-bond acceptors (Lipinski definition) is 3. The molecule has 0 aliphatic carbocycles. The average molecular weight is 335 g/mol. The van der Waals surface area contributed by atoms with Gasteiger partial charge in [0.1, 0.15) is 5.60 Å². The van der Waals surface area contributed by atoms with Crippen LogP contribution in [0.3, 0.4) is 0 Å². The standard InChI is InChI=1S/C21H34O3/c1-13(2)17-11-16(21(9,10)24-23-20(6,7)8)12-18(14(3)4)19(17)15(5)22/h11-14H,1-10H3. The number of rotatable bonds is 6. The van der Waals surface area contributed by atoms with E-state index in [4.69, 9.17) is 9.78 Å². The van der Waals surface area contributed by atoms with E-state index < -0.39 is 5.60 Å². The molecule has 0 aromatic heterocycles. The fraction of sp³-hybridized carbons (Fsp3) is 0.667. The molecule has 136 valence electrons. The second-order valence-electron chi connectivity index (χ2n) is 8.68. The Morgan fingerprint density at radius 2 is 1.29 bits per heavy atom. The highest BCUT2D eigenvalue weighted by Gasteiger charge is 2.29. The van der Waals surface area contributed by atoms with Crippen molar-refractivity contribution in [3.05, 3.63) is 34.4 Å². The van der Waals surface area contributed by atoms with Crippen LogP contribution in [0.1, 0.15) is 108 Å². The highest BCUT2D eigenvalue weighted by Crippen LogP contribution is 2.35. The second-order valence-corrected chi connectivity index (χ2v) is 8.68. The Morgan fingerprint density at radius 3 is 1.58 bits per heavy atom. The van der Waals surface area contributed by atoms with Crippen LogP contribution in [0.5, 0.6) is 0 Å². The van der Waals surface area contributed by atoms with E-state index in [1.165, 1.54) is 0 Å². The summed E-state index contributed by atoms with van der Waals surface area (Å²) in [5.74, 6) is 0.653. The van der Waals surface area contributed by atoms with Crippen molar-refractivity contribution in [3.63, 3.8) is 0 Å². The minimum atomic E-state index is -0.601. The lowest BCUT2D eigenvalue weighted by atomic mass is 9.82. The summed E-state index contributed by atoms with van der Waals surface area (Å²) < 4.78 is 0. The molecule has 0 saturated heterocycles. The van der Waals surface area contributed by atoms with E-state index in [1.54, 1.807) is 6.92 Å². The van der Waals surface area contributed by atoms with Crippen LogP contribution in [0, 0.1) is 0 Å². The van der Waals surface area contributed by atoms with E-state index >= 15 is 0 Å². The van der Waals surface area contributed by atoms with Crippen molar-refractivity contribution < 1.29 is 14.6 Å². The van der Waals surface area contributed by atoms with Crippen LogP contribution >= 0.6 is 0 Å². The summed E-state index contributed by atoms with van der Waals surface area (Å²) in [5.41, 5.74) is 3.07. The normalized spacial score (nSPS) is 13.0. The Balaban J connectivity index is 3.47. The van der Waals surface area contributed by atoms with Crippen molar-refractivity contribution in [2.24, 2.45) is 0 Å². The maximum absolute atomic E-state index is 12.3. The van der Waals surface area contributed by atoms with Crippen molar-refractivity contribution in [2.75, 3.05) is 0 Å². The Kier molecular flexibility index (Phi) is 6.40. The molecule has 1 aromatic carbocycles. The predicted molar refractivity (Wildman–Crippen MR) is 99.6 cm³/mol. The van der Waals surface area contributed by atoms with Crippen LogP contribution in [0.4, 0.5) is 0 Å². The van der Waals surface area contributed by atoms with Crippen molar-refractivity contribution >= 4 is 5.78 Å². The smallest absolute Gasteiger partial charge is 0.160 e. The van der Waals surface area contributed by atoms with Crippen molar-refractivity contribution in [2.45, 2.75) is 92.3 Å². The molecule has 0 fully saturated rings. The highest BCUT2D eigenvalue weighted by atomic mass is 17.2. The van der Waals surface area contributed by atoms with Gasteiger partial charge in [0, 0.05) is 5.56 Å². The lowest BCUT2D eigenvalue weighted by molar-refractivity contribution is -0.401. The van der Waals surface area contributed by atoms with Gasteiger partial charge in [-0.05, 0) is 70.1 Å². The van der Waals surface area contributed by atoms with Crippen molar-refractivity contribution in [3.8, 4) is 0 Å². The molecule has 0 amide bonds. The zero-order chi connectivity index (χ0) is 18.9.